The topological polar surface area (TPSA) is 60.3 Å². The van der Waals surface area contributed by atoms with Crippen LogP contribution in [0.15, 0.2) is 35.1 Å². The lowest BCUT2D eigenvalue weighted by atomic mass is 9.91. The summed E-state index contributed by atoms with van der Waals surface area (Å²) in [7, 11) is 1.36. The molecule has 1 aromatic carbocycles. The molecule has 6 heteroatoms. The number of ketones is 1. The molecule has 2 heterocycles. The first-order valence-electron chi connectivity index (χ1n) is 8.50. The molecule has 0 bridgehead atoms. The highest BCUT2D eigenvalue weighted by Gasteiger charge is 2.36. The summed E-state index contributed by atoms with van der Waals surface area (Å²) < 4.78 is 20.3. The van der Waals surface area contributed by atoms with Crippen LogP contribution >= 0.6 is 0 Å². The van der Waals surface area contributed by atoms with E-state index in [-0.39, 0.29) is 29.2 Å². The molecule has 0 radical (unpaired) electrons. The summed E-state index contributed by atoms with van der Waals surface area (Å²) in [6.45, 7) is 0. The second-order valence-corrected chi connectivity index (χ2v) is 6.58. The minimum absolute atomic E-state index is 0.0252. The van der Waals surface area contributed by atoms with Crippen LogP contribution in [-0.2, 0) is 0 Å². The van der Waals surface area contributed by atoms with E-state index in [0.717, 1.165) is 25.7 Å². The predicted molar refractivity (Wildman–Crippen MR) is 92.0 cm³/mol. The molecule has 2 aromatic rings. The van der Waals surface area contributed by atoms with Crippen molar-refractivity contribution in [3.8, 4) is 5.75 Å². The van der Waals surface area contributed by atoms with Crippen molar-refractivity contribution >= 4 is 11.6 Å². The lowest BCUT2D eigenvalue weighted by Gasteiger charge is -2.25. The van der Waals surface area contributed by atoms with Crippen LogP contribution in [0.4, 0.5) is 10.2 Å². The summed E-state index contributed by atoms with van der Waals surface area (Å²) in [5.74, 6) is -0.166. The van der Waals surface area contributed by atoms with Gasteiger partial charge in [0.05, 0.1) is 18.7 Å². The number of carbonyl (C=O) groups excluding carboxylic acids is 1. The number of rotatable bonds is 3. The molecule has 130 valence electrons. The third-order valence-corrected chi connectivity index (χ3v) is 5.17. The number of ether oxygens (including phenoxy) is 1. The number of hydrogen-bond acceptors (Lipinski definition) is 4. The highest BCUT2D eigenvalue weighted by molar-refractivity contribution is 6.12. The Morgan fingerprint density at radius 1 is 1.24 bits per heavy atom. The number of nitrogens with zero attached hydrogens (tertiary/aromatic N) is 1. The monoisotopic (exact) mass is 342 g/mol. The normalized spacial score (nSPS) is 21.2. The maximum absolute atomic E-state index is 13.6. The largest absolute Gasteiger partial charge is 0.494 e. The first kappa shape index (κ1) is 15.9. The number of benzene rings is 1. The molecule has 1 aromatic heterocycles. The fraction of sp³-hybridized carbons (Fsp3) is 0.368. The van der Waals surface area contributed by atoms with E-state index in [4.69, 9.17) is 4.74 Å². The average molecular weight is 342 g/mol. The third kappa shape index (κ3) is 2.52. The summed E-state index contributed by atoms with van der Waals surface area (Å²) in [4.78, 5) is 25.3. The van der Waals surface area contributed by atoms with E-state index in [9.17, 15) is 14.0 Å². The number of halogens is 1. The Hall–Kier alpha value is -2.63. The van der Waals surface area contributed by atoms with Crippen molar-refractivity contribution in [2.45, 2.75) is 37.8 Å². The Bertz CT molecular complexity index is 906. The minimum Gasteiger partial charge on any atom is -0.494 e. The number of anilines is 1. The Morgan fingerprint density at radius 3 is 2.84 bits per heavy atom. The Morgan fingerprint density at radius 2 is 2.04 bits per heavy atom. The zero-order chi connectivity index (χ0) is 17.6. The molecular weight excluding hydrogens is 323 g/mol. The van der Waals surface area contributed by atoms with Gasteiger partial charge in [-0.15, -0.1) is 0 Å². The lowest BCUT2D eigenvalue weighted by Crippen LogP contribution is -2.29. The van der Waals surface area contributed by atoms with Crippen molar-refractivity contribution in [1.29, 1.82) is 0 Å². The first-order chi connectivity index (χ1) is 12.1. The smallest absolute Gasteiger partial charge is 0.252 e. The van der Waals surface area contributed by atoms with Gasteiger partial charge in [0.25, 0.3) is 5.56 Å². The molecule has 0 amide bonds. The number of nitrogens with one attached hydrogen (secondary N) is 1. The van der Waals surface area contributed by atoms with Crippen molar-refractivity contribution < 1.29 is 13.9 Å². The van der Waals surface area contributed by atoms with Crippen molar-refractivity contribution in [1.82, 2.24) is 4.57 Å². The summed E-state index contributed by atoms with van der Waals surface area (Å²) in [5, 5.41) is 3.37. The number of hydrogen-bond donors (Lipinski definition) is 1. The zero-order valence-electron chi connectivity index (χ0n) is 13.9. The third-order valence-electron chi connectivity index (χ3n) is 5.17. The first-order valence-corrected chi connectivity index (χ1v) is 8.50. The van der Waals surface area contributed by atoms with Gasteiger partial charge in [0.1, 0.15) is 5.82 Å². The number of carbonyl (C=O) groups is 1. The van der Waals surface area contributed by atoms with E-state index in [1.54, 1.807) is 10.6 Å². The lowest BCUT2D eigenvalue weighted by molar-refractivity contribution is 0.103. The van der Waals surface area contributed by atoms with Crippen LogP contribution in [0.1, 0.15) is 47.6 Å². The van der Waals surface area contributed by atoms with Gasteiger partial charge in [-0.1, -0.05) is 12.8 Å². The molecule has 4 rings (SSSR count). The van der Waals surface area contributed by atoms with E-state index < -0.39 is 5.82 Å². The molecule has 1 aliphatic carbocycles. The van der Waals surface area contributed by atoms with Crippen LogP contribution in [0.2, 0.25) is 0 Å². The van der Waals surface area contributed by atoms with Crippen LogP contribution in [0.3, 0.4) is 0 Å². The molecule has 25 heavy (non-hydrogen) atoms. The number of methoxy groups -OCH3 is 1. The number of aromatic nitrogens is 1. The van der Waals surface area contributed by atoms with Gasteiger partial charge in [-0.2, -0.15) is 0 Å². The maximum Gasteiger partial charge on any atom is 0.252 e. The number of pyridine rings is 1. The summed E-state index contributed by atoms with van der Waals surface area (Å²) in [6.07, 6.45) is 4.13. The molecule has 0 spiro atoms. The Kier molecular flexibility index (Phi) is 3.82. The SMILES string of the molecule is COc1cc(C(=O)c2ccc(=O)n3c2N[C@H]2CCCC[C@@H]23)ccc1F. The average Bonchev–Trinajstić information content (AvgIpc) is 3.02. The van der Waals surface area contributed by atoms with Crippen molar-refractivity contribution in [3.63, 3.8) is 0 Å². The molecule has 0 saturated heterocycles. The van der Waals surface area contributed by atoms with Gasteiger partial charge >= 0.3 is 0 Å². The molecule has 1 N–H and O–H groups in total. The minimum atomic E-state index is -0.516. The van der Waals surface area contributed by atoms with Crippen molar-refractivity contribution in [2.24, 2.45) is 0 Å². The molecule has 5 nitrogen and oxygen atoms in total. The molecule has 0 unspecified atom stereocenters. The van der Waals surface area contributed by atoms with E-state index in [1.165, 1.54) is 31.4 Å². The quantitative estimate of drug-likeness (QED) is 0.871. The molecule has 2 aliphatic rings. The highest BCUT2D eigenvalue weighted by Crippen LogP contribution is 2.38. The molecule has 2 atom stereocenters. The second-order valence-electron chi connectivity index (χ2n) is 6.58. The van der Waals surface area contributed by atoms with Crippen molar-refractivity contribution in [2.75, 3.05) is 12.4 Å². The van der Waals surface area contributed by atoms with Gasteiger partial charge in [-0.25, -0.2) is 4.39 Å². The van der Waals surface area contributed by atoms with Gasteiger partial charge in [0.2, 0.25) is 0 Å². The van der Waals surface area contributed by atoms with E-state index in [2.05, 4.69) is 5.32 Å². The predicted octanol–water partition coefficient (Wildman–Crippen LogP) is 3.14. The van der Waals surface area contributed by atoms with Gasteiger partial charge in [0, 0.05) is 17.7 Å². The van der Waals surface area contributed by atoms with Crippen LogP contribution in [0, 0.1) is 5.82 Å². The van der Waals surface area contributed by atoms with Crippen LogP contribution in [0.25, 0.3) is 0 Å². The molecule has 1 aliphatic heterocycles. The van der Waals surface area contributed by atoms with Gasteiger partial charge in [0.15, 0.2) is 17.3 Å². The Balaban J connectivity index is 1.79. The summed E-state index contributed by atoms with van der Waals surface area (Å²) in [5.41, 5.74) is 0.671. The second kappa shape index (κ2) is 6.02. The standard InChI is InChI=1S/C19H19FN2O3/c1-25-16-10-11(6-8-13(16)20)18(24)12-7-9-17(23)22-15-5-3-2-4-14(15)21-19(12)22/h6-10,14-15,21H,2-5H2,1H3/t14-,15-/m0/s1. The summed E-state index contributed by atoms with van der Waals surface area (Å²) in [6, 6.07) is 7.33. The number of fused-ring (bicyclic) bond motifs is 3. The van der Waals surface area contributed by atoms with Crippen LogP contribution in [-0.4, -0.2) is 23.5 Å². The van der Waals surface area contributed by atoms with Crippen LogP contribution in [0.5, 0.6) is 5.75 Å². The van der Waals surface area contributed by atoms with E-state index in [0.29, 0.717) is 16.9 Å². The fourth-order valence-corrected chi connectivity index (χ4v) is 3.93. The van der Waals surface area contributed by atoms with E-state index >= 15 is 0 Å². The van der Waals surface area contributed by atoms with Gasteiger partial charge in [-0.3, -0.25) is 14.2 Å². The maximum atomic E-state index is 13.6. The fourth-order valence-electron chi connectivity index (χ4n) is 3.93. The van der Waals surface area contributed by atoms with E-state index in [1.807, 2.05) is 0 Å². The molecule has 1 fully saturated rings. The van der Waals surface area contributed by atoms with Crippen molar-refractivity contribution in [3.05, 3.63) is 57.6 Å². The molecular formula is C19H19FN2O3. The van der Waals surface area contributed by atoms with Gasteiger partial charge in [-0.05, 0) is 37.1 Å². The Labute approximate surface area is 144 Å². The zero-order valence-corrected chi connectivity index (χ0v) is 13.9. The van der Waals surface area contributed by atoms with Crippen LogP contribution < -0.4 is 15.6 Å². The highest BCUT2D eigenvalue weighted by atomic mass is 19.1. The molecule has 1 saturated carbocycles. The summed E-state index contributed by atoms with van der Waals surface area (Å²) >= 11 is 0. The van der Waals surface area contributed by atoms with Gasteiger partial charge < -0.3 is 10.1 Å².